The summed E-state index contributed by atoms with van der Waals surface area (Å²) in [6.07, 6.45) is 0.106. The molecule has 0 saturated carbocycles. The number of anilines is 1. The van der Waals surface area contributed by atoms with E-state index in [4.69, 9.17) is 4.74 Å². The van der Waals surface area contributed by atoms with Crippen LogP contribution in [0.3, 0.4) is 0 Å². The fourth-order valence-electron chi connectivity index (χ4n) is 3.78. The number of nitrogens with zero attached hydrogens (tertiary/aromatic N) is 1. The Labute approximate surface area is 181 Å². The highest BCUT2D eigenvalue weighted by molar-refractivity contribution is 5.97. The lowest BCUT2D eigenvalue weighted by atomic mass is 9.78. The highest BCUT2D eigenvalue weighted by Gasteiger charge is 2.51. The number of halogens is 4. The lowest BCUT2D eigenvalue weighted by Crippen LogP contribution is -2.33. The molecule has 1 aromatic carbocycles. The second-order valence-corrected chi connectivity index (χ2v) is 8.09. The molecule has 1 aliphatic heterocycles. The number of amides is 1. The number of ether oxygens (including phenoxy) is 2. The number of aromatic nitrogens is 1. The van der Waals surface area contributed by atoms with Gasteiger partial charge in [-0.15, -0.1) is 0 Å². The normalized spacial score (nSPS) is 22.1. The van der Waals surface area contributed by atoms with Crippen LogP contribution in [-0.4, -0.2) is 35.0 Å². The number of hydrogen-bond acceptors (Lipinski definition) is 5. The van der Waals surface area contributed by atoms with Gasteiger partial charge in [0, 0.05) is 30.3 Å². The Morgan fingerprint density at radius 3 is 2.53 bits per heavy atom. The summed E-state index contributed by atoms with van der Waals surface area (Å²) >= 11 is 0. The van der Waals surface area contributed by atoms with E-state index < -0.39 is 53.4 Å². The van der Waals surface area contributed by atoms with Gasteiger partial charge in [0.2, 0.25) is 5.82 Å². The van der Waals surface area contributed by atoms with Gasteiger partial charge in [0.05, 0.1) is 5.60 Å². The van der Waals surface area contributed by atoms with E-state index in [1.54, 1.807) is 20.8 Å². The van der Waals surface area contributed by atoms with E-state index in [-0.39, 0.29) is 22.7 Å². The van der Waals surface area contributed by atoms with E-state index in [0.29, 0.717) is 0 Å². The van der Waals surface area contributed by atoms with Crippen molar-refractivity contribution in [2.24, 2.45) is 5.92 Å². The van der Waals surface area contributed by atoms with Gasteiger partial charge < -0.3 is 14.8 Å². The Morgan fingerprint density at radius 1 is 1.22 bits per heavy atom. The van der Waals surface area contributed by atoms with Crippen molar-refractivity contribution in [3.8, 4) is 5.75 Å². The number of benzene rings is 1. The number of ketones is 1. The smallest absolute Gasteiger partial charge is 0.387 e. The summed E-state index contributed by atoms with van der Waals surface area (Å²) in [4.78, 5) is 28.6. The van der Waals surface area contributed by atoms with Crippen molar-refractivity contribution in [2.75, 3.05) is 5.32 Å². The first-order valence-electron chi connectivity index (χ1n) is 9.80. The molecule has 0 unspecified atom stereocenters. The van der Waals surface area contributed by atoms with Crippen LogP contribution in [-0.2, 0) is 9.53 Å². The Balaban J connectivity index is 2.01. The van der Waals surface area contributed by atoms with Crippen LogP contribution in [0, 0.1) is 17.6 Å². The molecule has 10 heteroatoms. The fraction of sp³-hybridized carbons (Fsp3) is 0.409. The number of carbonyl (C=O) groups excluding carboxylic acids is 2. The quantitative estimate of drug-likeness (QED) is 0.506. The lowest BCUT2D eigenvalue weighted by Gasteiger charge is -2.26. The van der Waals surface area contributed by atoms with Crippen LogP contribution in [0.25, 0.3) is 0 Å². The van der Waals surface area contributed by atoms with Crippen molar-refractivity contribution < 1.29 is 36.6 Å². The van der Waals surface area contributed by atoms with Crippen LogP contribution >= 0.6 is 0 Å². The minimum absolute atomic E-state index is 0.110. The number of nitrogens with one attached hydrogen (secondary N) is 1. The molecule has 0 bridgehead atoms. The molecule has 3 atom stereocenters. The third kappa shape index (κ3) is 4.59. The Hall–Kier alpha value is -3.01. The minimum Gasteiger partial charge on any atom is -0.431 e. The van der Waals surface area contributed by atoms with Gasteiger partial charge in [-0.05, 0) is 38.0 Å². The van der Waals surface area contributed by atoms with Gasteiger partial charge in [-0.1, -0.05) is 13.0 Å². The molecule has 1 saturated heterocycles. The maximum atomic E-state index is 14.4. The van der Waals surface area contributed by atoms with Crippen molar-refractivity contribution in [1.82, 2.24) is 4.98 Å². The van der Waals surface area contributed by atoms with E-state index in [1.165, 1.54) is 25.3 Å². The van der Waals surface area contributed by atoms with Gasteiger partial charge in [-0.2, -0.15) is 13.2 Å². The topological polar surface area (TPSA) is 77.5 Å². The first kappa shape index (κ1) is 23.6. The van der Waals surface area contributed by atoms with E-state index in [0.717, 1.165) is 12.1 Å². The molecule has 6 nitrogen and oxygen atoms in total. The predicted molar refractivity (Wildman–Crippen MR) is 107 cm³/mol. The molecule has 3 rings (SSSR count). The number of rotatable bonds is 6. The Bertz CT molecular complexity index is 1040. The third-order valence-corrected chi connectivity index (χ3v) is 5.69. The van der Waals surface area contributed by atoms with Gasteiger partial charge in [0.15, 0.2) is 17.3 Å². The van der Waals surface area contributed by atoms with Crippen molar-refractivity contribution in [1.29, 1.82) is 0 Å². The molecule has 2 heterocycles. The maximum Gasteiger partial charge on any atom is 0.387 e. The summed E-state index contributed by atoms with van der Waals surface area (Å²) in [6.45, 7) is 3.04. The van der Waals surface area contributed by atoms with Crippen molar-refractivity contribution in [3.05, 3.63) is 53.4 Å². The molecule has 0 spiro atoms. The SMILES string of the molecule is CC(=O)c1cc(NC(=O)[C@H]2OC(C)(C)[C@H](C)[C@H]2c2ccc(F)c(F)c2OC(F)F)ccn1. The van der Waals surface area contributed by atoms with Crippen LogP contribution in [0.1, 0.15) is 49.7 Å². The third-order valence-electron chi connectivity index (χ3n) is 5.69. The predicted octanol–water partition coefficient (Wildman–Crippen LogP) is 4.70. The zero-order chi connectivity index (χ0) is 23.8. The summed E-state index contributed by atoms with van der Waals surface area (Å²) < 4.78 is 64.2. The van der Waals surface area contributed by atoms with E-state index >= 15 is 0 Å². The first-order valence-corrected chi connectivity index (χ1v) is 9.80. The van der Waals surface area contributed by atoms with Gasteiger partial charge >= 0.3 is 6.61 Å². The molecule has 1 aromatic heterocycles. The molecule has 32 heavy (non-hydrogen) atoms. The summed E-state index contributed by atoms with van der Waals surface area (Å²) in [6, 6.07) is 4.74. The summed E-state index contributed by atoms with van der Waals surface area (Å²) in [5, 5.41) is 2.61. The standard InChI is InChI=1S/C22H22F4N2O4/c1-10-16(13-5-6-14(23)17(24)18(13)31-21(25)26)19(32-22(10,3)4)20(30)28-12-7-8-27-15(9-12)11(2)29/h5-10,16,19,21H,1-4H3,(H,27,28,30)/t10-,16+,19+/m1/s1. The second kappa shape index (κ2) is 8.85. The van der Waals surface area contributed by atoms with E-state index in [2.05, 4.69) is 15.0 Å². The minimum atomic E-state index is -3.40. The summed E-state index contributed by atoms with van der Waals surface area (Å²) in [7, 11) is 0. The highest BCUT2D eigenvalue weighted by Crippen LogP contribution is 2.49. The highest BCUT2D eigenvalue weighted by atomic mass is 19.3. The monoisotopic (exact) mass is 454 g/mol. The molecule has 1 fully saturated rings. The summed E-state index contributed by atoms with van der Waals surface area (Å²) in [5.74, 6) is -6.23. The molecule has 0 radical (unpaired) electrons. The molecule has 1 N–H and O–H groups in total. The molecule has 1 aliphatic rings. The van der Waals surface area contributed by atoms with Crippen molar-refractivity contribution in [2.45, 2.75) is 51.9 Å². The average Bonchev–Trinajstić information content (AvgIpc) is 2.95. The van der Waals surface area contributed by atoms with E-state index in [1.807, 2.05) is 0 Å². The Morgan fingerprint density at radius 2 is 1.91 bits per heavy atom. The van der Waals surface area contributed by atoms with E-state index in [9.17, 15) is 27.2 Å². The van der Waals surface area contributed by atoms with Crippen LogP contribution < -0.4 is 10.1 Å². The molecule has 0 aliphatic carbocycles. The Kier molecular flexibility index (Phi) is 6.54. The van der Waals surface area contributed by atoms with Gasteiger partial charge in [-0.25, -0.2) is 4.39 Å². The van der Waals surface area contributed by atoms with Crippen LogP contribution in [0.15, 0.2) is 30.5 Å². The average molecular weight is 454 g/mol. The van der Waals surface area contributed by atoms with Crippen LogP contribution in [0.2, 0.25) is 0 Å². The zero-order valence-electron chi connectivity index (χ0n) is 17.8. The lowest BCUT2D eigenvalue weighted by molar-refractivity contribution is -0.131. The number of hydrogen-bond donors (Lipinski definition) is 1. The number of carbonyl (C=O) groups is 2. The number of pyridine rings is 1. The zero-order valence-corrected chi connectivity index (χ0v) is 17.8. The fourth-order valence-corrected chi connectivity index (χ4v) is 3.78. The van der Waals surface area contributed by atoms with Crippen molar-refractivity contribution >= 4 is 17.4 Å². The molecular weight excluding hydrogens is 432 g/mol. The molecular formula is C22H22F4N2O4. The molecule has 2 aromatic rings. The second-order valence-electron chi connectivity index (χ2n) is 8.09. The van der Waals surface area contributed by atoms with Gasteiger partial charge in [0.25, 0.3) is 5.91 Å². The molecule has 172 valence electrons. The summed E-state index contributed by atoms with van der Waals surface area (Å²) in [5.41, 5.74) is -0.609. The van der Waals surface area contributed by atoms with Crippen LogP contribution in [0.5, 0.6) is 5.75 Å². The number of Topliss-reactive ketones (excluding diaryl/α,β-unsaturated/α-hetero) is 1. The largest absolute Gasteiger partial charge is 0.431 e. The maximum absolute atomic E-state index is 14.4. The van der Waals surface area contributed by atoms with Gasteiger partial charge in [0.1, 0.15) is 11.8 Å². The van der Waals surface area contributed by atoms with Gasteiger partial charge in [-0.3, -0.25) is 14.6 Å². The van der Waals surface area contributed by atoms with Crippen molar-refractivity contribution in [3.63, 3.8) is 0 Å². The molecule has 1 amide bonds. The number of alkyl halides is 2. The van der Waals surface area contributed by atoms with Crippen LogP contribution in [0.4, 0.5) is 23.2 Å². The first-order chi connectivity index (χ1) is 14.9.